The lowest BCUT2D eigenvalue weighted by Gasteiger charge is -2.10. The number of pyridine rings is 1. The van der Waals surface area contributed by atoms with E-state index < -0.39 is 10.1 Å². The first-order valence-corrected chi connectivity index (χ1v) is 12.2. The Bertz CT molecular complexity index is 1180. The number of halogens is 1. The highest BCUT2D eigenvalue weighted by Gasteiger charge is 2.20. The van der Waals surface area contributed by atoms with Crippen molar-refractivity contribution in [2.45, 2.75) is 23.0 Å². The highest BCUT2D eigenvalue weighted by molar-refractivity contribution is 14.1. The highest BCUT2D eigenvalue weighted by Crippen LogP contribution is 2.41. The van der Waals surface area contributed by atoms with Gasteiger partial charge in [0.15, 0.2) is 22.5 Å². The quantitative estimate of drug-likeness (QED) is 0.270. The number of nitrogens with zero attached hydrogens (tertiary/aromatic N) is 3. The van der Waals surface area contributed by atoms with Gasteiger partial charge < -0.3 is 19.8 Å². The third-order valence-corrected chi connectivity index (χ3v) is 7.02. The minimum atomic E-state index is -3.47. The van der Waals surface area contributed by atoms with Crippen LogP contribution in [0.2, 0.25) is 0 Å². The normalized spacial score (nSPS) is 13.3. The second kappa shape index (κ2) is 8.16. The fourth-order valence-electron chi connectivity index (χ4n) is 2.85. The molecule has 0 unspecified atom stereocenters. The van der Waals surface area contributed by atoms with Crippen molar-refractivity contribution < 1.29 is 22.1 Å². The summed E-state index contributed by atoms with van der Waals surface area (Å²) in [6.07, 6.45) is 3.16. The molecule has 1 aliphatic heterocycles. The first kappa shape index (κ1) is 20.5. The van der Waals surface area contributed by atoms with Gasteiger partial charge in [0, 0.05) is 21.2 Å². The molecule has 4 rings (SSSR count). The molecule has 12 heteroatoms. The molecule has 0 saturated heterocycles. The zero-order valence-corrected chi connectivity index (χ0v) is 19.1. The van der Waals surface area contributed by atoms with Gasteiger partial charge in [-0.2, -0.15) is 8.42 Å². The van der Waals surface area contributed by atoms with Crippen LogP contribution in [-0.4, -0.2) is 42.6 Å². The van der Waals surface area contributed by atoms with E-state index in [1.807, 2.05) is 22.8 Å². The van der Waals surface area contributed by atoms with E-state index in [9.17, 15) is 8.42 Å². The SMILES string of the molecule is CS(=O)(=O)OCCCn1c(Sc2cc3c(cc2I)OCO3)nc2c(N)nccc21. The van der Waals surface area contributed by atoms with Gasteiger partial charge >= 0.3 is 0 Å². The smallest absolute Gasteiger partial charge is 0.264 e. The predicted octanol–water partition coefficient (Wildman–Crippen LogP) is 2.86. The van der Waals surface area contributed by atoms with Gasteiger partial charge in [0.2, 0.25) is 6.79 Å². The van der Waals surface area contributed by atoms with E-state index in [1.165, 1.54) is 11.8 Å². The van der Waals surface area contributed by atoms with Crippen molar-refractivity contribution in [3.63, 3.8) is 0 Å². The second-order valence-electron chi connectivity index (χ2n) is 6.23. The van der Waals surface area contributed by atoms with E-state index in [2.05, 4.69) is 32.6 Å². The lowest BCUT2D eigenvalue weighted by molar-refractivity contribution is 0.174. The van der Waals surface area contributed by atoms with Gasteiger partial charge in [-0.1, -0.05) is 11.8 Å². The van der Waals surface area contributed by atoms with Crippen LogP contribution in [0, 0.1) is 3.57 Å². The summed E-state index contributed by atoms with van der Waals surface area (Å²) in [7, 11) is -3.47. The number of nitrogens with two attached hydrogens (primary N) is 1. The van der Waals surface area contributed by atoms with E-state index in [0.717, 1.165) is 31.1 Å². The number of hydrogen-bond acceptors (Lipinski definition) is 9. The van der Waals surface area contributed by atoms with E-state index >= 15 is 0 Å². The predicted molar refractivity (Wildman–Crippen MR) is 117 cm³/mol. The lowest BCUT2D eigenvalue weighted by Crippen LogP contribution is -2.08. The number of fused-ring (bicyclic) bond motifs is 2. The minimum Gasteiger partial charge on any atom is -0.454 e. The molecule has 1 aliphatic rings. The zero-order chi connectivity index (χ0) is 20.6. The van der Waals surface area contributed by atoms with E-state index in [0.29, 0.717) is 30.0 Å². The molecule has 154 valence electrons. The molecule has 3 aromatic rings. The van der Waals surface area contributed by atoms with Crippen LogP contribution in [0.1, 0.15) is 6.42 Å². The average Bonchev–Trinajstić information content (AvgIpc) is 3.23. The Labute approximate surface area is 185 Å². The number of ether oxygens (including phenoxy) is 2. The molecule has 0 aliphatic carbocycles. The molecule has 2 aromatic heterocycles. The molecule has 0 radical (unpaired) electrons. The fourth-order valence-corrected chi connectivity index (χ4v) is 5.00. The standard InChI is InChI=1S/C17H17IN4O5S2/c1-29(23,24)27-6-2-5-22-11-3-4-20-16(19)15(11)21-17(22)28-14-8-13-12(7-10(14)18)25-9-26-13/h3-4,7-8H,2,5-6,9H2,1H3,(H2,19,20). The van der Waals surface area contributed by atoms with Crippen molar-refractivity contribution >= 4 is 61.3 Å². The third-order valence-electron chi connectivity index (χ3n) is 4.11. The second-order valence-corrected chi connectivity index (χ2v) is 10.0. The van der Waals surface area contributed by atoms with Crippen LogP contribution in [-0.2, 0) is 20.8 Å². The largest absolute Gasteiger partial charge is 0.454 e. The molecule has 0 saturated carbocycles. The molecule has 0 fully saturated rings. The summed E-state index contributed by atoms with van der Waals surface area (Å²) < 4.78 is 41.1. The first-order valence-electron chi connectivity index (χ1n) is 8.54. The molecule has 0 bridgehead atoms. The number of anilines is 1. The Balaban J connectivity index is 1.65. The van der Waals surface area contributed by atoms with Crippen molar-refractivity contribution in [1.29, 1.82) is 0 Å². The number of nitrogen functional groups attached to an aromatic ring is 1. The Morgan fingerprint density at radius 2 is 2.10 bits per heavy atom. The maximum atomic E-state index is 11.2. The van der Waals surface area contributed by atoms with Crippen LogP contribution >= 0.6 is 34.4 Å². The lowest BCUT2D eigenvalue weighted by atomic mass is 10.3. The minimum absolute atomic E-state index is 0.0880. The number of benzene rings is 1. The zero-order valence-electron chi connectivity index (χ0n) is 15.3. The summed E-state index contributed by atoms with van der Waals surface area (Å²) in [5.74, 6) is 1.76. The van der Waals surface area contributed by atoms with Crippen LogP contribution in [0.4, 0.5) is 5.82 Å². The van der Waals surface area contributed by atoms with Crippen LogP contribution in [0.3, 0.4) is 0 Å². The van der Waals surface area contributed by atoms with Gasteiger partial charge in [0.25, 0.3) is 10.1 Å². The van der Waals surface area contributed by atoms with E-state index in [4.69, 9.17) is 19.4 Å². The highest BCUT2D eigenvalue weighted by atomic mass is 127. The number of imidazole rings is 1. The number of aryl methyl sites for hydroxylation is 1. The van der Waals surface area contributed by atoms with Crippen molar-refractivity contribution in [2.24, 2.45) is 0 Å². The van der Waals surface area contributed by atoms with Crippen molar-refractivity contribution in [2.75, 3.05) is 25.4 Å². The Kier molecular flexibility index (Phi) is 5.77. The Morgan fingerprint density at radius 1 is 1.34 bits per heavy atom. The van der Waals surface area contributed by atoms with Gasteiger partial charge in [-0.3, -0.25) is 4.18 Å². The number of aromatic nitrogens is 3. The number of hydrogen-bond donors (Lipinski definition) is 1. The molecule has 2 N–H and O–H groups in total. The van der Waals surface area contributed by atoms with Gasteiger partial charge in [0.05, 0.1) is 18.4 Å². The van der Waals surface area contributed by atoms with Gasteiger partial charge in [-0.25, -0.2) is 9.97 Å². The maximum absolute atomic E-state index is 11.2. The molecule has 29 heavy (non-hydrogen) atoms. The summed E-state index contributed by atoms with van der Waals surface area (Å²) in [4.78, 5) is 9.75. The third kappa shape index (κ3) is 4.54. The molecule has 9 nitrogen and oxygen atoms in total. The molecule has 1 aromatic carbocycles. The van der Waals surface area contributed by atoms with Crippen LogP contribution in [0.15, 0.2) is 34.4 Å². The van der Waals surface area contributed by atoms with Gasteiger partial charge in [-0.05, 0) is 47.2 Å². The molecular weight excluding hydrogens is 531 g/mol. The van der Waals surface area contributed by atoms with Crippen LogP contribution in [0.25, 0.3) is 11.0 Å². The average molecular weight is 548 g/mol. The molecule has 3 heterocycles. The van der Waals surface area contributed by atoms with Gasteiger partial charge in [0.1, 0.15) is 5.52 Å². The molecule has 0 atom stereocenters. The van der Waals surface area contributed by atoms with Crippen molar-refractivity contribution in [3.05, 3.63) is 28.0 Å². The van der Waals surface area contributed by atoms with Gasteiger partial charge in [-0.15, -0.1) is 0 Å². The van der Waals surface area contributed by atoms with E-state index in [1.54, 1.807) is 6.20 Å². The fraction of sp³-hybridized carbons (Fsp3) is 0.294. The Hall–Kier alpha value is -1.77. The first-order chi connectivity index (χ1) is 13.8. The summed E-state index contributed by atoms with van der Waals surface area (Å²) in [5.41, 5.74) is 7.44. The van der Waals surface area contributed by atoms with Crippen LogP contribution < -0.4 is 15.2 Å². The Morgan fingerprint density at radius 3 is 2.86 bits per heavy atom. The molecule has 0 spiro atoms. The summed E-state index contributed by atoms with van der Waals surface area (Å²) >= 11 is 3.71. The summed E-state index contributed by atoms with van der Waals surface area (Å²) in [6.45, 7) is 0.810. The monoisotopic (exact) mass is 548 g/mol. The summed E-state index contributed by atoms with van der Waals surface area (Å²) in [6, 6.07) is 5.69. The van der Waals surface area contributed by atoms with Crippen molar-refractivity contribution in [1.82, 2.24) is 14.5 Å². The van der Waals surface area contributed by atoms with Crippen molar-refractivity contribution in [3.8, 4) is 11.5 Å². The topological polar surface area (TPSA) is 119 Å². The maximum Gasteiger partial charge on any atom is 0.264 e. The molecule has 0 amide bonds. The summed E-state index contributed by atoms with van der Waals surface area (Å²) in [5, 5.41) is 0.718. The van der Waals surface area contributed by atoms with E-state index in [-0.39, 0.29) is 13.4 Å². The van der Waals surface area contributed by atoms with Crippen LogP contribution in [0.5, 0.6) is 11.5 Å². The molecular formula is C17H17IN4O5S2. The number of rotatable bonds is 7.